The van der Waals surface area contributed by atoms with Crippen molar-refractivity contribution >= 4 is 34.1 Å². The van der Waals surface area contributed by atoms with Crippen LogP contribution in [-0.2, 0) is 0 Å². The predicted molar refractivity (Wildman–Crippen MR) is 174 cm³/mol. The lowest BCUT2D eigenvalue weighted by molar-refractivity contribution is 0.978. The molecule has 6 aromatic rings. The highest BCUT2D eigenvalue weighted by Gasteiger charge is 2.17. The van der Waals surface area contributed by atoms with E-state index in [9.17, 15) is 0 Å². The van der Waals surface area contributed by atoms with Crippen LogP contribution in [-0.4, -0.2) is 0 Å². The zero-order chi connectivity index (χ0) is 27.9. The molecule has 0 aromatic heterocycles. The molecule has 0 aliphatic heterocycles. The summed E-state index contributed by atoms with van der Waals surface area (Å²) in [5.74, 6) is 0.0968. The van der Waals surface area contributed by atoms with Crippen LogP contribution in [0.15, 0.2) is 158 Å². The van der Waals surface area contributed by atoms with E-state index in [2.05, 4.69) is 144 Å². The van der Waals surface area contributed by atoms with Gasteiger partial charge >= 0.3 is 0 Å². The Morgan fingerprint density at radius 1 is 0.341 bits per heavy atom. The van der Waals surface area contributed by atoms with Crippen molar-refractivity contribution in [3.63, 3.8) is 0 Å². The van der Waals surface area contributed by atoms with Crippen LogP contribution in [0.4, 0.5) is 34.1 Å². The van der Waals surface area contributed by atoms with Gasteiger partial charge in [0.2, 0.25) is 0 Å². The maximum atomic E-state index is 3.54. The van der Waals surface area contributed by atoms with Crippen molar-refractivity contribution in [3.05, 3.63) is 180 Å². The van der Waals surface area contributed by atoms with E-state index in [4.69, 9.17) is 0 Å². The first-order valence-electron chi connectivity index (χ1n) is 14.0. The third-order valence-corrected chi connectivity index (χ3v) is 7.16. The molecule has 200 valence electrons. The van der Waals surface area contributed by atoms with Crippen LogP contribution in [0.25, 0.3) is 0 Å². The molecule has 3 N–H and O–H groups in total. The fraction of sp³-hybridized carbons (Fsp3) is 0.0526. The summed E-state index contributed by atoms with van der Waals surface area (Å²) in [5.41, 5.74) is 11.4. The van der Waals surface area contributed by atoms with Crippen LogP contribution in [0.5, 0.6) is 0 Å². The van der Waals surface area contributed by atoms with Crippen molar-refractivity contribution in [2.24, 2.45) is 0 Å². The normalized spacial score (nSPS) is 10.8. The molecule has 0 radical (unpaired) electrons. The van der Waals surface area contributed by atoms with Gasteiger partial charge in [-0.3, -0.25) is 0 Å². The zero-order valence-electron chi connectivity index (χ0n) is 23.1. The van der Waals surface area contributed by atoms with Gasteiger partial charge in [0.25, 0.3) is 0 Å². The highest BCUT2D eigenvalue weighted by molar-refractivity contribution is 5.64. The third-order valence-electron chi connectivity index (χ3n) is 7.16. The van der Waals surface area contributed by atoms with E-state index >= 15 is 0 Å². The Hall–Kier alpha value is -5.28. The van der Waals surface area contributed by atoms with E-state index < -0.39 is 0 Å². The summed E-state index contributed by atoms with van der Waals surface area (Å²) < 4.78 is 0. The van der Waals surface area contributed by atoms with E-state index in [-0.39, 0.29) is 5.92 Å². The average molecular weight is 532 g/mol. The molecule has 0 fully saturated rings. The minimum atomic E-state index is 0.0968. The van der Waals surface area contributed by atoms with Crippen LogP contribution in [0.1, 0.15) is 28.2 Å². The molecule has 0 amide bonds. The SMILES string of the molecule is Cc1cccc(Nc2ccc(C(c3ccc(Nc4ccccc4)cc3)c3ccc(Nc4ccccc4)cc3)cc2)c1. The average Bonchev–Trinajstić information content (AvgIpc) is 3.01. The van der Waals surface area contributed by atoms with Crippen molar-refractivity contribution in [2.75, 3.05) is 16.0 Å². The number of aryl methyl sites for hydroxylation is 1. The predicted octanol–water partition coefficient (Wildman–Crippen LogP) is 10.4. The summed E-state index contributed by atoms with van der Waals surface area (Å²) in [6, 6.07) is 55.3. The molecule has 0 spiro atoms. The maximum absolute atomic E-state index is 3.54. The molecule has 0 bridgehead atoms. The second kappa shape index (κ2) is 12.3. The quantitative estimate of drug-likeness (QED) is 0.162. The van der Waals surface area contributed by atoms with Crippen LogP contribution >= 0.6 is 0 Å². The molecule has 0 heterocycles. The van der Waals surface area contributed by atoms with Crippen molar-refractivity contribution in [1.82, 2.24) is 0 Å². The van der Waals surface area contributed by atoms with E-state index in [1.165, 1.54) is 22.3 Å². The van der Waals surface area contributed by atoms with Crippen molar-refractivity contribution in [2.45, 2.75) is 12.8 Å². The molecule has 3 nitrogen and oxygen atoms in total. The Morgan fingerprint density at radius 3 is 1.07 bits per heavy atom. The molecule has 0 unspecified atom stereocenters. The Labute approximate surface area is 242 Å². The summed E-state index contributed by atoms with van der Waals surface area (Å²) in [6.07, 6.45) is 0. The minimum Gasteiger partial charge on any atom is -0.356 e. The summed E-state index contributed by atoms with van der Waals surface area (Å²) >= 11 is 0. The lowest BCUT2D eigenvalue weighted by Gasteiger charge is -2.21. The van der Waals surface area contributed by atoms with Gasteiger partial charge in [-0.15, -0.1) is 0 Å². The van der Waals surface area contributed by atoms with E-state index in [1.807, 2.05) is 36.4 Å². The monoisotopic (exact) mass is 531 g/mol. The number of nitrogens with one attached hydrogen (secondary N) is 3. The number of rotatable bonds is 9. The van der Waals surface area contributed by atoms with Crippen molar-refractivity contribution < 1.29 is 0 Å². The summed E-state index contributed by atoms with van der Waals surface area (Å²) in [7, 11) is 0. The van der Waals surface area contributed by atoms with Gasteiger partial charge < -0.3 is 16.0 Å². The fourth-order valence-electron chi connectivity index (χ4n) is 5.12. The Bertz CT molecular complexity index is 1590. The van der Waals surface area contributed by atoms with Gasteiger partial charge in [-0.1, -0.05) is 84.9 Å². The molecule has 0 saturated heterocycles. The molecule has 0 atom stereocenters. The largest absolute Gasteiger partial charge is 0.356 e. The topological polar surface area (TPSA) is 36.1 Å². The number of anilines is 6. The van der Waals surface area contributed by atoms with Gasteiger partial charge in [-0.2, -0.15) is 0 Å². The molecule has 0 aliphatic rings. The minimum absolute atomic E-state index is 0.0968. The lowest BCUT2D eigenvalue weighted by atomic mass is 9.85. The third kappa shape index (κ3) is 6.66. The lowest BCUT2D eigenvalue weighted by Crippen LogP contribution is -2.04. The number of hydrogen-bond acceptors (Lipinski definition) is 3. The molecule has 3 heteroatoms. The van der Waals surface area contributed by atoms with Gasteiger partial charge in [-0.25, -0.2) is 0 Å². The zero-order valence-corrected chi connectivity index (χ0v) is 23.1. The maximum Gasteiger partial charge on any atom is 0.0386 e. The summed E-state index contributed by atoms with van der Waals surface area (Å²) in [6.45, 7) is 2.11. The van der Waals surface area contributed by atoms with Gasteiger partial charge in [0.05, 0.1) is 0 Å². The summed E-state index contributed by atoms with van der Waals surface area (Å²) in [4.78, 5) is 0. The Morgan fingerprint density at radius 2 is 0.683 bits per heavy atom. The number of hydrogen-bond donors (Lipinski definition) is 3. The van der Waals surface area contributed by atoms with Crippen LogP contribution < -0.4 is 16.0 Å². The van der Waals surface area contributed by atoms with Crippen molar-refractivity contribution in [3.8, 4) is 0 Å². The smallest absolute Gasteiger partial charge is 0.0386 e. The Kier molecular flexibility index (Phi) is 7.77. The molecular formula is C38H33N3. The molecule has 0 aliphatic carbocycles. The number of para-hydroxylation sites is 2. The first-order chi connectivity index (χ1) is 20.2. The highest BCUT2D eigenvalue weighted by atomic mass is 14.9. The highest BCUT2D eigenvalue weighted by Crippen LogP contribution is 2.35. The van der Waals surface area contributed by atoms with Gasteiger partial charge in [0.1, 0.15) is 0 Å². The standard InChI is InChI=1S/C38H33N3/c1-28-9-8-14-37(27-28)41-36-25-19-31(20-26-36)38(29-15-21-34(22-16-29)39-32-10-4-2-5-11-32)30-17-23-35(24-18-30)40-33-12-6-3-7-13-33/h2-27,38-41H,1H3. The van der Waals surface area contributed by atoms with E-state index in [1.54, 1.807) is 0 Å². The van der Waals surface area contributed by atoms with E-state index in [0.29, 0.717) is 0 Å². The van der Waals surface area contributed by atoms with Crippen LogP contribution in [0.3, 0.4) is 0 Å². The first-order valence-corrected chi connectivity index (χ1v) is 14.0. The molecular weight excluding hydrogens is 498 g/mol. The van der Waals surface area contributed by atoms with Gasteiger partial charge in [-0.05, 0) is 102 Å². The Balaban J connectivity index is 1.28. The molecule has 6 rings (SSSR count). The summed E-state index contributed by atoms with van der Waals surface area (Å²) in [5, 5.41) is 10.5. The second-order valence-electron chi connectivity index (χ2n) is 10.3. The first kappa shape index (κ1) is 26.0. The number of benzene rings is 6. The van der Waals surface area contributed by atoms with Crippen molar-refractivity contribution in [1.29, 1.82) is 0 Å². The van der Waals surface area contributed by atoms with Gasteiger partial charge in [0.15, 0.2) is 0 Å². The van der Waals surface area contributed by atoms with E-state index in [0.717, 1.165) is 34.1 Å². The van der Waals surface area contributed by atoms with Crippen LogP contribution in [0, 0.1) is 6.92 Å². The molecule has 41 heavy (non-hydrogen) atoms. The second-order valence-corrected chi connectivity index (χ2v) is 10.3. The van der Waals surface area contributed by atoms with Crippen LogP contribution in [0.2, 0.25) is 0 Å². The molecule has 0 saturated carbocycles. The van der Waals surface area contributed by atoms with Gasteiger partial charge in [0, 0.05) is 40.0 Å². The molecule has 6 aromatic carbocycles. The fourth-order valence-corrected chi connectivity index (χ4v) is 5.12.